The Balaban J connectivity index is 1.92. The van der Waals surface area contributed by atoms with Crippen molar-refractivity contribution < 1.29 is 4.74 Å². The first-order valence-corrected chi connectivity index (χ1v) is 11.9. The topological polar surface area (TPSA) is 61.5 Å². The quantitative estimate of drug-likeness (QED) is 0.246. The third-order valence-electron chi connectivity index (χ3n) is 6.44. The molecule has 2 atom stereocenters. The lowest BCUT2D eigenvalue weighted by Gasteiger charge is -2.17. The number of hydrogen-bond donors (Lipinski definition) is 0. The average Bonchev–Trinajstić information content (AvgIpc) is 2.99. The highest BCUT2D eigenvalue weighted by molar-refractivity contribution is 7.08. The van der Waals surface area contributed by atoms with Crippen LogP contribution in [-0.2, 0) is 5.41 Å². The molecule has 1 aromatic carbocycles. The molecule has 0 aliphatic heterocycles. The Labute approximate surface area is 198 Å². The van der Waals surface area contributed by atoms with Crippen LogP contribution < -0.4 is 4.74 Å². The lowest BCUT2D eigenvalue weighted by atomic mass is 9.93. The van der Waals surface area contributed by atoms with Crippen LogP contribution in [0.3, 0.4) is 0 Å². The summed E-state index contributed by atoms with van der Waals surface area (Å²) in [5, 5.41) is 10.3. The van der Waals surface area contributed by atoms with Gasteiger partial charge in [0, 0.05) is 30.5 Å². The minimum Gasteiger partial charge on any atom is -0.443 e. The summed E-state index contributed by atoms with van der Waals surface area (Å²) in [4.78, 5) is 6.65. The Morgan fingerprint density at radius 2 is 2.00 bits per heavy atom. The first-order valence-electron chi connectivity index (χ1n) is 10.3. The van der Waals surface area contributed by atoms with Crippen molar-refractivity contribution in [2.45, 2.75) is 63.8 Å². The number of nitrogens with zero attached hydrogens (tertiary/aromatic N) is 4. The maximum atomic E-state index is 9.87. The van der Waals surface area contributed by atoms with E-state index in [1.54, 1.807) is 0 Å². The SMILES string of the molecule is CCC1(c2nsc(Oc3cc(C)c(/N=C\N(C)C(C)C)cc3C)c2C#N)C(C)C1(Cl)Cl. The van der Waals surface area contributed by atoms with Crippen molar-refractivity contribution in [3.8, 4) is 16.9 Å². The highest BCUT2D eigenvalue weighted by Gasteiger charge is 2.75. The van der Waals surface area contributed by atoms with Gasteiger partial charge in [-0.2, -0.15) is 9.64 Å². The Kier molecular flexibility index (Phi) is 6.63. The van der Waals surface area contributed by atoms with Gasteiger partial charge in [0.05, 0.1) is 23.1 Å². The Morgan fingerprint density at radius 1 is 1.35 bits per heavy atom. The van der Waals surface area contributed by atoms with Crippen LogP contribution in [0, 0.1) is 31.1 Å². The second-order valence-electron chi connectivity index (χ2n) is 8.49. The number of nitriles is 1. The fourth-order valence-corrected chi connectivity index (χ4v) is 5.70. The van der Waals surface area contributed by atoms with E-state index in [0.717, 1.165) is 16.8 Å². The van der Waals surface area contributed by atoms with Gasteiger partial charge in [-0.3, -0.25) is 0 Å². The van der Waals surface area contributed by atoms with Crippen LogP contribution in [0.2, 0.25) is 0 Å². The van der Waals surface area contributed by atoms with Crippen molar-refractivity contribution in [1.29, 1.82) is 5.26 Å². The molecule has 31 heavy (non-hydrogen) atoms. The highest BCUT2D eigenvalue weighted by atomic mass is 35.5. The molecule has 1 heterocycles. The highest BCUT2D eigenvalue weighted by Crippen LogP contribution is 2.71. The van der Waals surface area contributed by atoms with Gasteiger partial charge in [-0.25, -0.2) is 4.99 Å². The van der Waals surface area contributed by atoms with E-state index < -0.39 is 9.75 Å². The molecular formula is C23H28Cl2N4OS. The number of benzene rings is 1. The Hall–Kier alpha value is -1.81. The third kappa shape index (κ3) is 3.92. The summed E-state index contributed by atoms with van der Waals surface area (Å²) in [6.45, 7) is 12.2. The summed E-state index contributed by atoms with van der Waals surface area (Å²) in [6, 6.07) is 6.58. The lowest BCUT2D eigenvalue weighted by molar-refractivity contribution is 0.429. The predicted octanol–water partition coefficient (Wildman–Crippen LogP) is 6.90. The number of ether oxygens (including phenoxy) is 1. The van der Waals surface area contributed by atoms with E-state index in [1.165, 1.54) is 11.5 Å². The van der Waals surface area contributed by atoms with Crippen LogP contribution in [0.5, 0.6) is 10.8 Å². The van der Waals surface area contributed by atoms with E-state index in [9.17, 15) is 5.26 Å². The monoisotopic (exact) mass is 478 g/mol. The van der Waals surface area contributed by atoms with Gasteiger partial charge in [0.2, 0.25) is 5.06 Å². The number of rotatable bonds is 7. The van der Waals surface area contributed by atoms with Gasteiger partial charge in [0.25, 0.3) is 0 Å². The number of aliphatic imine (C=N–C) groups is 1. The van der Waals surface area contributed by atoms with Gasteiger partial charge in [-0.1, -0.05) is 13.8 Å². The molecule has 3 rings (SSSR count). The summed E-state index contributed by atoms with van der Waals surface area (Å²) in [5.74, 6) is 0.693. The molecule has 0 bridgehead atoms. The number of aryl methyl sites for hydroxylation is 2. The second-order valence-corrected chi connectivity index (χ2v) is 10.6. The lowest BCUT2D eigenvalue weighted by Crippen LogP contribution is -2.24. The van der Waals surface area contributed by atoms with Crippen molar-refractivity contribution >= 4 is 46.8 Å². The molecule has 1 aliphatic rings. The summed E-state index contributed by atoms with van der Waals surface area (Å²) in [6.07, 6.45) is 2.54. The molecule has 5 nitrogen and oxygen atoms in total. The molecule has 0 N–H and O–H groups in total. The maximum absolute atomic E-state index is 9.87. The summed E-state index contributed by atoms with van der Waals surface area (Å²) >= 11 is 14.3. The summed E-state index contributed by atoms with van der Waals surface area (Å²) in [7, 11) is 2.00. The van der Waals surface area contributed by atoms with Crippen molar-refractivity contribution in [2.24, 2.45) is 10.9 Å². The van der Waals surface area contributed by atoms with Gasteiger partial charge in [-0.05, 0) is 57.4 Å². The Morgan fingerprint density at radius 3 is 2.52 bits per heavy atom. The number of hydrogen-bond acceptors (Lipinski definition) is 5. The molecule has 166 valence electrons. The number of alkyl halides is 2. The molecule has 1 aliphatic carbocycles. The van der Waals surface area contributed by atoms with Crippen molar-refractivity contribution in [2.75, 3.05) is 7.05 Å². The largest absolute Gasteiger partial charge is 0.443 e. The van der Waals surface area contributed by atoms with Crippen LogP contribution in [0.1, 0.15) is 56.5 Å². The second kappa shape index (κ2) is 8.61. The van der Waals surface area contributed by atoms with Crippen LogP contribution in [-0.4, -0.2) is 33.0 Å². The zero-order valence-electron chi connectivity index (χ0n) is 19.0. The smallest absolute Gasteiger partial charge is 0.218 e. The first-order chi connectivity index (χ1) is 14.5. The number of aromatic nitrogens is 1. The van der Waals surface area contributed by atoms with E-state index in [-0.39, 0.29) is 5.92 Å². The molecular weight excluding hydrogens is 451 g/mol. The van der Waals surface area contributed by atoms with E-state index in [0.29, 0.717) is 34.5 Å². The van der Waals surface area contributed by atoms with Gasteiger partial charge in [-0.15, -0.1) is 23.2 Å². The van der Waals surface area contributed by atoms with Crippen LogP contribution in [0.15, 0.2) is 17.1 Å². The molecule has 1 saturated carbocycles. The molecule has 0 amide bonds. The van der Waals surface area contributed by atoms with E-state index in [2.05, 4.69) is 29.3 Å². The molecule has 2 aromatic rings. The van der Waals surface area contributed by atoms with Crippen LogP contribution >= 0.6 is 34.7 Å². The normalized spacial score (nSPS) is 22.0. The zero-order chi connectivity index (χ0) is 23.1. The summed E-state index contributed by atoms with van der Waals surface area (Å²) in [5.41, 5.74) is 3.33. The zero-order valence-corrected chi connectivity index (χ0v) is 21.3. The van der Waals surface area contributed by atoms with E-state index >= 15 is 0 Å². The van der Waals surface area contributed by atoms with Crippen molar-refractivity contribution in [3.63, 3.8) is 0 Å². The van der Waals surface area contributed by atoms with Gasteiger partial charge in [0.1, 0.15) is 21.7 Å². The molecule has 0 radical (unpaired) electrons. The molecule has 0 spiro atoms. The van der Waals surface area contributed by atoms with E-state index in [1.807, 2.05) is 58.1 Å². The van der Waals surface area contributed by atoms with Crippen molar-refractivity contribution in [1.82, 2.24) is 9.27 Å². The standard InChI is InChI=1S/C23H28Cl2N4OS/c1-8-22(16(6)23(22,24)25)20-17(11-26)21(31-28-20)30-19-10-14(4)18(9-15(19)5)27-12-29(7)13(2)3/h9-10,12-13,16H,8H2,1-7H3/b27-12-. The molecule has 2 unspecified atom stereocenters. The third-order valence-corrected chi connectivity index (χ3v) is 8.49. The average molecular weight is 479 g/mol. The molecule has 8 heteroatoms. The number of halogens is 2. The predicted molar refractivity (Wildman–Crippen MR) is 129 cm³/mol. The minimum atomic E-state index is -0.923. The minimum absolute atomic E-state index is 0.0143. The molecule has 1 aromatic heterocycles. The van der Waals surface area contributed by atoms with Crippen LogP contribution in [0.4, 0.5) is 5.69 Å². The van der Waals surface area contributed by atoms with Gasteiger partial charge >= 0.3 is 0 Å². The van der Waals surface area contributed by atoms with Crippen molar-refractivity contribution in [3.05, 3.63) is 34.5 Å². The Bertz CT molecular complexity index is 1060. The van der Waals surface area contributed by atoms with E-state index in [4.69, 9.17) is 27.9 Å². The fourth-order valence-electron chi connectivity index (χ4n) is 3.87. The van der Waals surface area contributed by atoms with Gasteiger partial charge in [0.15, 0.2) is 0 Å². The first kappa shape index (κ1) is 23.8. The van der Waals surface area contributed by atoms with Crippen LogP contribution in [0.25, 0.3) is 0 Å². The fraction of sp³-hybridized carbons (Fsp3) is 0.522. The summed E-state index contributed by atoms with van der Waals surface area (Å²) < 4.78 is 9.81. The maximum Gasteiger partial charge on any atom is 0.218 e. The molecule has 1 fully saturated rings. The van der Waals surface area contributed by atoms with Gasteiger partial charge < -0.3 is 9.64 Å². The molecule has 0 saturated heterocycles.